The maximum Gasteiger partial charge on any atom is 0.410 e. The minimum absolute atomic E-state index is 0.00485. The van der Waals surface area contributed by atoms with Crippen molar-refractivity contribution >= 4 is 16.1 Å². The normalized spacial score (nSPS) is 16.7. The van der Waals surface area contributed by atoms with Crippen LogP contribution in [0.1, 0.15) is 37.9 Å². The Morgan fingerprint density at radius 1 is 1.27 bits per heavy atom. The van der Waals surface area contributed by atoms with Gasteiger partial charge < -0.3 is 9.47 Å². The van der Waals surface area contributed by atoms with Crippen LogP contribution in [0.15, 0.2) is 47.6 Å². The molecule has 0 fully saturated rings. The van der Waals surface area contributed by atoms with Crippen LogP contribution >= 0.6 is 0 Å². The fourth-order valence-corrected chi connectivity index (χ4v) is 4.36. The lowest BCUT2D eigenvalue weighted by Crippen LogP contribution is -2.47. The Kier molecular flexibility index (Phi) is 6.33. The summed E-state index contributed by atoms with van der Waals surface area (Å²) >= 11 is 0. The summed E-state index contributed by atoms with van der Waals surface area (Å²) in [5.74, 6) is 0.344. The topological polar surface area (TPSA) is 97.8 Å². The van der Waals surface area contributed by atoms with Crippen molar-refractivity contribution in [3.05, 3.63) is 53.9 Å². The third kappa shape index (κ3) is 5.09. The largest absolute Gasteiger partial charge is 0.495 e. The highest BCUT2D eigenvalue weighted by atomic mass is 32.2. The molecule has 2 aromatic rings. The highest BCUT2D eigenvalue weighted by Crippen LogP contribution is 2.31. The van der Waals surface area contributed by atoms with Gasteiger partial charge in [-0.05, 0) is 38.3 Å². The van der Waals surface area contributed by atoms with E-state index in [0.29, 0.717) is 18.7 Å². The Morgan fingerprint density at radius 2 is 2.00 bits per heavy atom. The second-order valence-corrected chi connectivity index (χ2v) is 9.82. The number of aromatic nitrogens is 1. The lowest BCUT2D eigenvalue weighted by molar-refractivity contribution is 0.0146. The molecule has 2 heterocycles. The first kappa shape index (κ1) is 22.0. The van der Waals surface area contributed by atoms with E-state index in [9.17, 15) is 13.2 Å². The van der Waals surface area contributed by atoms with E-state index in [4.69, 9.17) is 9.47 Å². The number of nitrogens with zero attached hydrogens (tertiary/aromatic N) is 2. The quantitative estimate of drug-likeness (QED) is 0.779. The smallest absolute Gasteiger partial charge is 0.410 e. The van der Waals surface area contributed by atoms with Gasteiger partial charge in [-0.25, -0.2) is 17.9 Å². The monoisotopic (exact) mass is 433 g/mol. The van der Waals surface area contributed by atoms with Crippen molar-refractivity contribution in [2.75, 3.05) is 20.2 Å². The predicted molar refractivity (Wildman–Crippen MR) is 112 cm³/mol. The van der Waals surface area contributed by atoms with Crippen molar-refractivity contribution in [1.29, 1.82) is 0 Å². The first-order valence-electron chi connectivity index (χ1n) is 9.67. The number of nitrogens with one attached hydrogen (secondary N) is 1. The van der Waals surface area contributed by atoms with Gasteiger partial charge in [0, 0.05) is 25.4 Å². The van der Waals surface area contributed by atoms with Gasteiger partial charge in [-0.1, -0.05) is 24.3 Å². The van der Waals surface area contributed by atoms with Gasteiger partial charge >= 0.3 is 6.09 Å². The number of pyridine rings is 1. The van der Waals surface area contributed by atoms with Gasteiger partial charge in [-0.3, -0.25) is 9.88 Å². The summed E-state index contributed by atoms with van der Waals surface area (Å²) in [6.07, 6.45) is 2.90. The van der Waals surface area contributed by atoms with Crippen LogP contribution < -0.4 is 9.46 Å². The lowest BCUT2D eigenvalue weighted by Gasteiger charge is -2.38. The van der Waals surface area contributed by atoms with E-state index >= 15 is 0 Å². The zero-order valence-corrected chi connectivity index (χ0v) is 18.4. The van der Waals surface area contributed by atoms with Crippen LogP contribution in [-0.2, 0) is 21.2 Å². The van der Waals surface area contributed by atoms with Crippen LogP contribution in [0.5, 0.6) is 5.75 Å². The minimum Gasteiger partial charge on any atom is -0.495 e. The molecule has 1 aromatic heterocycles. The van der Waals surface area contributed by atoms with Gasteiger partial charge in [-0.2, -0.15) is 0 Å². The van der Waals surface area contributed by atoms with Crippen molar-refractivity contribution in [3.63, 3.8) is 0 Å². The molecule has 0 radical (unpaired) electrons. The number of carbonyl (C=O) groups is 1. The molecule has 0 aliphatic carbocycles. The van der Waals surface area contributed by atoms with Crippen molar-refractivity contribution in [1.82, 2.24) is 14.6 Å². The van der Waals surface area contributed by atoms with Gasteiger partial charge in [0.25, 0.3) is 0 Å². The third-order valence-corrected chi connectivity index (χ3v) is 6.13. The maximum absolute atomic E-state index is 12.8. The second kappa shape index (κ2) is 8.61. The SMILES string of the molecule is COc1cncc(S(=O)(=O)NCC2c3ccccc3CCN2C(=O)OC(C)(C)C)c1. The number of hydrogen-bond acceptors (Lipinski definition) is 6. The van der Waals surface area contributed by atoms with Crippen molar-refractivity contribution < 1.29 is 22.7 Å². The molecule has 0 saturated carbocycles. The summed E-state index contributed by atoms with van der Waals surface area (Å²) in [7, 11) is -2.41. The molecule has 1 unspecified atom stereocenters. The van der Waals surface area contributed by atoms with E-state index in [0.717, 1.165) is 11.1 Å². The van der Waals surface area contributed by atoms with Crippen LogP contribution in [0.4, 0.5) is 4.79 Å². The Balaban J connectivity index is 1.86. The molecule has 0 saturated heterocycles. The van der Waals surface area contributed by atoms with Crippen LogP contribution in [0.3, 0.4) is 0 Å². The summed E-state index contributed by atoms with van der Waals surface area (Å²) in [5.41, 5.74) is 1.34. The second-order valence-electron chi connectivity index (χ2n) is 8.05. The number of sulfonamides is 1. The van der Waals surface area contributed by atoms with Crippen molar-refractivity contribution in [3.8, 4) is 5.75 Å². The first-order valence-corrected chi connectivity index (χ1v) is 11.2. The number of ether oxygens (including phenoxy) is 2. The maximum atomic E-state index is 12.8. The molecule has 1 aliphatic rings. The number of amides is 1. The van der Waals surface area contributed by atoms with Gasteiger partial charge in [-0.15, -0.1) is 0 Å². The number of fused-ring (bicyclic) bond motifs is 1. The predicted octanol–water partition coefficient (Wildman–Crippen LogP) is 2.90. The minimum atomic E-state index is -3.85. The molecule has 162 valence electrons. The van der Waals surface area contributed by atoms with Crippen LogP contribution in [0.2, 0.25) is 0 Å². The molecule has 30 heavy (non-hydrogen) atoms. The molecule has 1 aromatic carbocycles. The van der Waals surface area contributed by atoms with E-state index in [1.165, 1.54) is 25.6 Å². The van der Waals surface area contributed by atoms with E-state index in [1.54, 1.807) is 25.7 Å². The van der Waals surface area contributed by atoms with Crippen molar-refractivity contribution in [2.24, 2.45) is 0 Å². The molecule has 0 spiro atoms. The number of hydrogen-bond donors (Lipinski definition) is 1. The van der Waals surface area contributed by atoms with Gasteiger partial charge in [0.15, 0.2) is 0 Å². The average molecular weight is 434 g/mol. The Morgan fingerprint density at radius 3 is 2.70 bits per heavy atom. The highest BCUT2D eigenvalue weighted by molar-refractivity contribution is 7.89. The van der Waals surface area contributed by atoms with Crippen LogP contribution in [0.25, 0.3) is 0 Å². The zero-order valence-electron chi connectivity index (χ0n) is 17.6. The fourth-order valence-electron chi connectivity index (χ4n) is 3.34. The number of methoxy groups -OCH3 is 1. The fraction of sp³-hybridized carbons (Fsp3) is 0.429. The standard InChI is InChI=1S/C21H27N3O5S/c1-21(2,3)29-20(25)24-10-9-15-7-5-6-8-18(15)19(24)14-23-30(26,27)17-11-16(28-4)12-22-13-17/h5-8,11-13,19,23H,9-10,14H2,1-4H3. The van der Waals surface area contributed by atoms with Gasteiger partial charge in [0.1, 0.15) is 16.2 Å². The summed E-state index contributed by atoms with van der Waals surface area (Å²) in [4.78, 5) is 18.3. The zero-order chi connectivity index (χ0) is 21.9. The number of rotatable bonds is 5. The van der Waals surface area contributed by atoms with Crippen molar-refractivity contribution in [2.45, 2.75) is 43.7 Å². The van der Waals surface area contributed by atoms with Crippen LogP contribution in [-0.4, -0.2) is 50.2 Å². The summed E-state index contributed by atoms with van der Waals surface area (Å²) in [6.45, 7) is 5.86. The molecule has 9 heteroatoms. The van der Waals surface area contributed by atoms with E-state index in [1.807, 2.05) is 24.3 Å². The number of carbonyl (C=O) groups excluding carboxylic acids is 1. The lowest BCUT2D eigenvalue weighted by atomic mass is 9.93. The average Bonchev–Trinajstić information content (AvgIpc) is 2.70. The molecular weight excluding hydrogens is 406 g/mol. The van der Waals surface area contributed by atoms with Gasteiger partial charge in [0.05, 0.1) is 19.3 Å². The molecule has 0 bridgehead atoms. The van der Waals surface area contributed by atoms with E-state index in [2.05, 4.69) is 9.71 Å². The molecular formula is C21H27N3O5S. The molecule has 1 aliphatic heterocycles. The Bertz CT molecular complexity index is 1020. The first-order chi connectivity index (χ1) is 14.1. The van der Waals surface area contributed by atoms with E-state index in [-0.39, 0.29) is 11.4 Å². The molecule has 1 atom stereocenters. The Hall–Kier alpha value is -2.65. The molecule has 1 amide bonds. The summed E-state index contributed by atoms with van der Waals surface area (Å²) < 4.78 is 38.9. The van der Waals surface area contributed by atoms with Gasteiger partial charge in [0.2, 0.25) is 10.0 Å². The molecule has 8 nitrogen and oxygen atoms in total. The summed E-state index contributed by atoms with van der Waals surface area (Å²) in [6, 6.07) is 8.64. The molecule has 1 N–H and O–H groups in total. The number of benzene rings is 1. The Labute approximate surface area is 177 Å². The van der Waals surface area contributed by atoms with Crippen LogP contribution in [0, 0.1) is 0 Å². The molecule has 3 rings (SSSR count). The summed E-state index contributed by atoms with van der Waals surface area (Å²) in [5, 5.41) is 0. The highest BCUT2D eigenvalue weighted by Gasteiger charge is 2.34. The third-order valence-electron chi connectivity index (χ3n) is 4.74. The van der Waals surface area contributed by atoms with E-state index < -0.39 is 27.8 Å².